The predicted molar refractivity (Wildman–Crippen MR) is 96.6 cm³/mol. The average molecular weight is 333 g/mol. The van der Waals surface area contributed by atoms with Crippen molar-refractivity contribution in [2.45, 2.75) is 51.2 Å². The monoisotopic (exact) mass is 332 g/mol. The molecule has 2 rings (SSSR count). The van der Waals surface area contributed by atoms with Crippen molar-refractivity contribution in [1.82, 2.24) is 0 Å². The van der Waals surface area contributed by atoms with Crippen LogP contribution in [0.1, 0.15) is 31.7 Å². The summed E-state index contributed by atoms with van der Waals surface area (Å²) < 4.78 is 10.5. The highest BCUT2D eigenvalue weighted by Crippen LogP contribution is 2.60. The van der Waals surface area contributed by atoms with Gasteiger partial charge in [-0.25, -0.2) is 0 Å². The molecule has 1 aromatic rings. The molecule has 1 aliphatic carbocycles. The first-order chi connectivity index (χ1) is 10.8. The molecule has 0 saturated heterocycles. The Hall–Kier alpha value is -1.55. The molecular formula is C19H28O3Si. The molecule has 0 radical (unpaired) electrons. The molecule has 4 heteroatoms. The van der Waals surface area contributed by atoms with Gasteiger partial charge in [-0.1, -0.05) is 50.3 Å². The molecular weight excluding hydrogens is 304 g/mol. The highest BCUT2D eigenvalue weighted by molar-refractivity contribution is 6.85. The molecule has 0 amide bonds. The van der Waals surface area contributed by atoms with Crippen molar-refractivity contribution in [3.63, 3.8) is 0 Å². The fraction of sp³-hybridized carbons (Fsp3) is 0.526. The van der Waals surface area contributed by atoms with Gasteiger partial charge in [-0.15, -0.1) is 0 Å². The summed E-state index contributed by atoms with van der Waals surface area (Å²) in [6, 6.07) is 7.87. The number of rotatable bonds is 7. The molecule has 0 fully saturated rings. The standard InChI is InChI=1S/C19H28O3Si/c1-7-8-9-16-17(23(4,5)6)19(16,18(20)22-3)14-10-12-15(21-2)13-11-14/h10-13H,7-9H2,1-6H3. The molecule has 0 saturated carbocycles. The van der Waals surface area contributed by atoms with Crippen molar-refractivity contribution < 1.29 is 14.3 Å². The fourth-order valence-corrected chi connectivity index (χ4v) is 6.35. The van der Waals surface area contributed by atoms with E-state index < -0.39 is 13.5 Å². The molecule has 0 heterocycles. The van der Waals surface area contributed by atoms with Gasteiger partial charge in [-0.2, -0.15) is 0 Å². The molecule has 0 aromatic heterocycles. The minimum atomic E-state index is -1.61. The number of benzene rings is 1. The molecule has 1 atom stereocenters. The topological polar surface area (TPSA) is 35.5 Å². The van der Waals surface area contributed by atoms with Crippen LogP contribution in [-0.4, -0.2) is 28.3 Å². The highest BCUT2D eigenvalue weighted by atomic mass is 28.3. The van der Waals surface area contributed by atoms with Crippen LogP contribution in [0.4, 0.5) is 0 Å². The summed E-state index contributed by atoms with van der Waals surface area (Å²) in [4.78, 5) is 12.8. The van der Waals surface area contributed by atoms with Gasteiger partial charge < -0.3 is 9.47 Å². The van der Waals surface area contributed by atoms with E-state index in [9.17, 15) is 4.79 Å². The van der Waals surface area contributed by atoms with Gasteiger partial charge in [-0.3, -0.25) is 4.79 Å². The highest BCUT2D eigenvalue weighted by Gasteiger charge is 2.63. The Kier molecular flexibility index (Phi) is 5.04. The van der Waals surface area contributed by atoms with Gasteiger partial charge in [0.05, 0.1) is 22.3 Å². The van der Waals surface area contributed by atoms with Crippen LogP contribution in [0.2, 0.25) is 19.6 Å². The zero-order valence-electron chi connectivity index (χ0n) is 15.2. The molecule has 0 bridgehead atoms. The van der Waals surface area contributed by atoms with Crippen molar-refractivity contribution >= 4 is 14.0 Å². The predicted octanol–water partition coefficient (Wildman–Crippen LogP) is 4.48. The zero-order chi connectivity index (χ0) is 17.3. The van der Waals surface area contributed by atoms with Crippen molar-refractivity contribution in [2.75, 3.05) is 14.2 Å². The molecule has 1 aromatic carbocycles. The van der Waals surface area contributed by atoms with E-state index >= 15 is 0 Å². The number of methoxy groups -OCH3 is 2. The summed E-state index contributed by atoms with van der Waals surface area (Å²) in [6.45, 7) is 9.11. The number of ether oxygens (including phenoxy) is 2. The van der Waals surface area contributed by atoms with E-state index in [0.29, 0.717) is 0 Å². The Bertz CT molecular complexity index is 610. The maximum absolute atomic E-state index is 12.8. The summed E-state index contributed by atoms with van der Waals surface area (Å²) in [5.41, 5.74) is 1.71. The summed E-state index contributed by atoms with van der Waals surface area (Å²) in [5.74, 6) is 0.672. The lowest BCUT2D eigenvalue weighted by Crippen LogP contribution is -2.34. The van der Waals surface area contributed by atoms with Crippen molar-refractivity contribution in [1.29, 1.82) is 0 Å². The van der Waals surface area contributed by atoms with E-state index in [1.807, 2.05) is 24.3 Å². The first-order valence-corrected chi connectivity index (χ1v) is 11.8. The maximum atomic E-state index is 12.8. The van der Waals surface area contributed by atoms with Crippen LogP contribution in [0.3, 0.4) is 0 Å². The third kappa shape index (κ3) is 2.96. The Morgan fingerprint density at radius 3 is 2.17 bits per heavy atom. The molecule has 126 valence electrons. The number of hydrogen-bond donors (Lipinski definition) is 0. The van der Waals surface area contributed by atoms with Crippen molar-refractivity contribution in [2.24, 2.45) is 0 Å². The van der Waals surface area contributed by atoms with E-state index in [2.05, 4.69) is 26.6 Å². The lowest BCUT2D eigenvalue weighted by molar-refractivity contribution is -0.143. The van der Waals surface area contributed by atoms with Crippen LogP contribution in [-0.2, 0) is 14.9 Å². The molecule has 0 aliphatic heterocycles. The zero-order valence-corrected chi connectivity index (χ0v) is 16.2. The van der Waals surface area contributed by atoms with Gasteiger partial charge in [0.25, 0.3) is 0 Å². The van der Waals surface area contributed by atoms with Gasteiger partial charge in [0.1, 0.15) is 11.2 Å². The molecule has 0 N–H and O–H groups in total. The van der Waals surface area contributed by atoms with E-state index in [4.69, 9.17) is 9.47 Å². The number of carbonyl (C=O) groups excluding carboxylic acids is 1. The van der Waals surface area contributed by atoms with Crippen LogP contribution < -0.4 is 4.74 Å². The molecule has 1 unspecified atom stereocenters. The third-order valence-electron chi connectivity index (χ3n) is 4.61. The van der Waals surface area contributed by atoms with Gasteiger partial charge in [0, 0.05) is 0 Å². The number of unbranched alkanes of at least 4 members (excludes halogenated alkanes) is 1. The lowest BCUT2D eigenvalue weighted by Gasteiger charge is -2.23. The van der Waals surface area contributed by atoms with Crippen LogP contribution in [0.5, 0.6) is 5.75 Å². The molecule has 0 spiro atoms. The first-order valence-electron chi connectivity index (χ1n) is 8.31. The Morgan fingerprint density at radius 2 is 1.74 bits per heavy atom. The van der Waals surface area contributed by atoms with E-state index in [-0.39, 0.29) is 5.97 Å². The van der Waals surface area contributed by atoms with Crippen LogP contribution in [0.15, 0.2) is 35.0 Å². The average Bonchev–Trinajstić information content (AvgIpc) is 3.22. The van der Waals surface area contributed by atoms with E-state index in [1.165, 1.54) is 17.9 Å². The Labute approximate surface area is 140 Å². The molecule has 1 aliphatic rings. The van der Waals surface area contributed by atoms with Crippen molar-refractivity contribution in [3.8, 4) is 5.75 Å². The van der Waals surface area contributed by atoms with Gasteiger partial charge in [0.2, 0.25) is 0 Å². The lowest BCUT2D eigenvalue weighted by atomic mass is 9.88. The van der Waals surface area contributed by atoms with Gasteiger partial charge in [0.15, 0.2) is 0 Å². The minimum absolute atomic E-state index is 0.133. The van der Waals surface area contributed by atoms with Crippen molar-refractivity contribution in [3.05, 3.63) is 40.6 Å². The smallest absolute Gasteiger partial charge is 0.324 e. The second-order valence-corrected chi connectivity index (χ2v) is 12.2. The summed E-state index contributed by atoms with van der Waals surface area (Å²) in [6.07, 6.45) is 3.22. The molecule has 23 heavy (non-hydrogen) atoms. The summed E-state index contributed by atoms with van der Waals surface area (Å²) in [5, 5.41) is 1.36. The van der Waals surface area contributed by atoms with E-state index in [1.54, 1.807) is 7.11 Å². The Balaban J connectivity index is 2.50. The van der Waals surface area contributed by atoms with Crippen LogP contribution in [0, 0.1) is 0 Å². The quantitative estimate of drug-likeness (QED) is 0.545. The van der Waals surface area contributed by atoms with Gasteiger partial charge in [-0.05, 0) is 36.1 Å². The largest absolute Gasteiger partial charge is 0.497 e. The SMILES string of the molecule is CCCCC1=C([Si](C)(C)C)C1(C(=O)OC)c1ccc(OC)cc1. The Morgan fingerprint density at radius 1 is 1.13 bits per heavy atom. The first kappa shape index (κ1) is 17.8. The number of esters is 1. The molecule has 3 nitrogen and oxygen atoms in total. The third-order valence-corrected chi connectivity index (χ3v) is 6.79. The number of carbonyl (C=O) groups is 1. The second kappa shape index (κ2) is 6.52. The van der Waals surface area contributed by atoms with E-state index in [0.717, 1.165) is 30.6 Å². The fourth-order valence-electron chi connectivity index (χ4n) is 3.67. The number of hydrogen-bond acceptors (Lipinski definition) is 3. The van der Waals surface area contributed by atoms with Gasteiger partial charge >= 0.3 is 5.97 Å². The van der Waals surface area contributed by atoms with Crippen LogP contribution >= 0.6 is 0 Å². The summed E-state index contributed by atoms with van der Waals surface area (Å²) >= 11 is 0. The van der Waals surface area contributed by atoms with Crippen LogP contribution in [0.25, 0.3) is 0 Å². The second-order valence-electron chi connectivity index (χ2n) is 7.18. The normalized spacial score (nSPS) is 20.4. The minimum Gasteiger partial charge on any atom is -0.497 e. The summed E-state index contributed by atoms with van der Waals surface area (Å²) in [7, 11) is 1.54. The maximum Gasteiger partial charge on any atom is 0.324 e.